The number of carbonyl (C=O) groups is 1. The van der Waals surface area contributed by atoms with Crippen molar-refractivity contribution in [1.82, 2.24) is 14.9 Å². The standard InChI is InChI=1S/C32H39F3N5O3P/c1-4-15-44(43,16-5-2)23-8-6-7-21(17-23)37-31-36-18-26(32(33,34)35)29(39-31)38-27-14-13-24(20-9-11-22(41)12-10-20)25-19-40(3)30(42)28(25)27/h6-8,13-14,17-18,20,22,41H,4-5,9-12,15-16,19H2,1-3H3,(H2,36,37,38,39). The van der Waals surface area contributed by atoms with Gasteiger partial charge in [0, 0.05) is 43.1 Å². The Labute approximate surface area is 255 Å². The minimum atomic E-state index is -4.75. The van der Waals surface area contributed by atoms with Crippen molar-refractivity contribution in [2.75, 3.05) is 30.0 Å². The van der Waals surface area contributed by atoms with Crippen molar-refractivity contribution in [2.24, 2.45) is 0 Å². The number of nitrogens with one attached hydrogen (secondary N) is 2. The van der Waals surface area contributed by atoms with Crippen LogP contribution in [0.3, 0.4) is 0 Å². The number of halogens is 3. The predicted molar refractivity (Wildman–Crippen MR) is 167 cm³/mol. The van der Waals surface area contributed by atoms with Gasteiger partial charge in [0.2, 0.25) is 5.95 Å². The smallest absolute Gasteiger partial charge is 0.393 e. The second-order valence-electron chi connectivity index (χ2n) is 11.8. The van der Waals surface area contributed by atoms with Gasteiger partial charge in [0.25, 0.3) is 5.91 Å². The molecule has 0 bridgehead atoms. The number of hydrogen-bond acceptors (Lipinski definition) is 7. The number of amides is 1. The molecule has 2 aliphatic rings. The van der Waals surface area contributed by atoms with E-state index in [2.05, 4.69) is 20.6 Å². The van der Waals surface area contributed by atoms with Crippen LogP contribution in [0.4, 0.5) is 36.3 Å². The van der Waals surface area contributed by atoms with E-state index < -0.39 is 24.7 Å². The number of fused-ring (bicyclic) bond motifs is 1. The molecular formula is C32H39F3N5O3P. The largest absolute Gasteiger partial charge is 0.421 e. The lowest BCUT2D eigenvalue weighted by Crippen LogP contribution is -2.18. The lowest BCUT2D eigenvalue weighted by atomic mass is 9.80. The summed E-state index contributed by atoms with van der Waals surface area (Å²) in [5.74, 6) is -0.661. The fraction of sp³-hybridized carbons (Fsp3) is 0.469. The molecule has 0 spiro atoms. The number of anilines is 4. The molecule has 3 N–H and O–H groups in total. The number of aliphatic hydroxyl groups is 1. The zero-order valence-corrected chi connectivity index (χ0v) is 26.1. The van der Waals surface area contributed by atoms with Crippen molar-refractivity contribution in [3.63, 3.8) is 0 Å². The van der Waals surface area contributed by atoms with Crippen LogP contribution in [0, 0.1) is 0 Å². The van der Waals surface area contributed by atoms with Gasteiger partial charge in [-0.15, -0.1) is 0 Å². The van der Waals surface area contributed by atoms with Crippen LogP contribution in [0.2, 0.25) is 0 Å². The lowest BCUT2D eigenvalue weighted by molar-refractivity contribution is -0.137. The van der Waals surface area contributed by atoms with E-state index in [-0.39, 0.29) is 29.6 Å². The fourth-order valence-electron chi connectivity index (χ4n) is 6.38. The van der Waals surface area contributed by atoms with Crippen LogP contribution >= 0.6 is 7.14 Å². The van der Waals surface area contributed by atoms with Crippen molar-refractivity contribution in [3.8, 4) is 0 Å². The van der Waals surface area contributed by atoms with Gasteiger partial charge in [-0.25, -0.2) is 4.98 Å². The zero-order chi connectivity index (χ0) is 31.6. The van der Waals surface area contributed by atoms with E-state index in [1.54, 1.807) is 36.2 Å². The topological polar surface area (TPSA) is 107 Å². The lowest BCUT2D eigenvalue weighted by Gasteiger charge is -2.27. The highest BCUT2D eigenvalue weighted by molar-refractivity contribution is 7.71. The minimum absolute atomic E-state index is 0.0732. The Morgan fingerprint density at radius 1 is 1.05 bits per heavy atom. The third kappa shape index (κ3) is 6.64. The first-order chi connectivity index (χ1) is 20.9. The SMILES string of the molecule is CCCP(=O)(CCC)c1cccc(Nc2ncc(C(F)(F)F)c(Nc3ccc(C4CCC(O)CC4)c4c3C(=O)N(C)C4)n2)c1. The van der Waals surface area contributed by atoms with Gasteiger partial charge in [-0.05, 0) is 73.8 Å². The third-order valence-corrected chi connectivity index (χ3v) is 12.1. The number of nitrogens with zero attached hydrogens (tertiary/aromatic N) is 3. The Hall–Kier alpha value is -3.43. The summed E-state index contributed by atoms with van der Waals surface area (Å²) in [5.41, 5.74) is 1.83. The Morgan fingerprint density at radius 2 is 1.75 bits per heavy atom. The maximum Gasteiger partial charge on any atom is 0.421 e. The monoisotopic (exact) mass is 629 g/mol. The molecule has 2 heterocycles. The van der Waals surface area contributed by atoms with Crippen LogP contribution < -0.4 is 15.9 Å². The van der Waals surface area contributed by atoms with E-state index in [1.165, 1.54) is 0 Å². The molecule has 1 aromatic heterocycles. The van der Waals surface area contributed by atoms with E-state index >= 15 is 0 Å². The normalized spacial score (nSPS) is 18.8. The number of benzene rings is 2. The Balaban J connectivity index is 1.49. The van der Waals surface area contributed by atoms with Gasteiger partial charge in [0.1, 0.15) is 18.5 Å². The van der Waals surface area contributed by atoms with E-state index in [1.807, 2.05) is 26.0 Å². The number of aliphatic hydroxyl groups excluding tert-OH is 1. The van der Waals surface area contributed by atoms with Crippen LogP contribution in [-0.2, 0) is 17.3 Å². The van der Waals surface area contributed by atoms with E-state index in [0.29, 0.717) is 48.3 Å². The highest BCUT2D eigenvalue weighted by Gasteiger charge is 2.37. The maximum absolute atomic E-state index is 14.1. The van der Waals surface area contributed by atoms with Crippen LogP contribution in [0.25, 0.3) is 0 Å². The number of carbonyl (C=O) groups excluding carboxylic acids is 1. The molecule has 1 amide bonds. The van der Waals surface area contributed by atoms with Crippen molar-refractivity contribution in [1.29, 1.82) is 0 Å². The van der Waals surface area contributed by atoms with Crippen LogP contribution in [-0.4, -0.2) is 51.4 Å². The molecule has 0 atom stereocenters. The molecule has 12 heteroatoms. The molecular weight excluding hydrogens is 590 g/mol. The third-order valence-electron chi connectivity index (χ3n) is 8.53. The summed E-state index contributed by atoms with van der Waals surface area (Å²) in [6, 6.07) is 10.6. The van der Waals surface area contributed by atoms with Crippen molar-refractivity contribution in [3.05, 3.63) is 64.8 Å². The van der Waals surface area contributed by atoms with Crippen LogP contribution in [0.15, 0.2) is 42.6 Å². The van der Waals surface area contributed by atoms with Crippen molar-refractivity contribution in [2.45, 2.75) is 77.1 Å². The second kappa shape index (κ2) is 12.9. The highest BCUT2D eigenvalue weighted by Crippen LogP contribution is 2.46. The van der Waals surface area contributed by atoms with Crippen LogP contribution in [0.5, 0.6) is 0 Å². The van der Waals surface area contributed by atoms with Gasteiger partial charge in [0.05, 0.1) is 17.4 Å². The summed E-state index contributed by atoms with van der Waals surface area (Å²) in [6.07, 6.45) is 1.26. The number of alkyl halides is 3. The second-order valence-corrected chi connectivity index (χ2v) is 15.0. The Bertz CT molecular complexity index is 1560. The summed E-state index contributed by atoms with van der Waals surface area (Å²) < 4.78 is 56.0. The Kier molecular flexibility index (Phi) is 9.37. The number of rotatable bonds is 10. The average Bonchev–Trinajstić information content (AvgIpc) is 3.28. The quantitative estimate of drug-likeness (QED) is 0.201. The van der Waals surface area contributed by atoms with Gasteiger partial charge in [0.15, 0.2) is 0 Å². The molecule has 44 heavy (non-hydrogen) atoms. The molecule has 1 fully saturated rings. The molecule has 0 radical (unpaired) electrons. The number of hydrogen-bond donors (Lipinski definition) is 3. The summed E-state index contributed by atoms with van der Waals surface area (Å²) >= 11 is 0. The summed E-state index contributed by atoms with van der Waals surface area (Å²) in [5, 5.41) is 16.5. The molecule has 1 saturated carbocycles. The molecule has 0 saturated heterocycles. The molecule has 5 rings (SSSR count). The molecule has 236 valence electrons. The summed E-state index contributed by atoms with van der Waals surface area (Å²) in [7, 11) is -0.947. The van der Waals surface area contributed by atoms with E-state index in [9.17, 15) is 27.6 Å². The van der Waals surface area contributed by atoms with E-state index in [0.717, 1.165) is 43.0 Å². The summed E-state index contributed by atoms with van der Waals surface area (Å²) in [4.78, 5) is 22.9. The summed E-state index contributed by atoms with van der Waals surface area (Å²) in [6.45, 7) is 4.34. The van der Waals surface area contributed by atoms with Gasteiger partial charge < -0.3 is 25.2 Å². The van der Waals surface area contributed by atoms with Crippen LogP contribution in [0.1, 0.15) is 85.3 Å². The average molecular weight is 630 g/mol. The predicted octanol–water partition coefficient (Wildman–Crippen LogP) is 7.40. The van der Waals surface area contributed by atoms with E-state index in [4.69, 9.17) is 0 Å². The van der Waals surface area contributed by atoms with Crippen molar-refractivity contribution >= 4 is 41.5 Å². The first-order valence-electron chi connectivity index (χ1n) is 15.2. The maximum atomic E-state index is 14.1. The first-order valence-corrected chi connectivity index (χ1v) is 17.3. The molecule has 2 aromatic carbocycles. The molecule has 8 nitrogen and oxygen atoms in total. The number of aromatic nitrogens is 2. The molecule has 3 aromatic rings. The molecule has 0 unspecified atom stereocenters. The first kappa shape index (κ1) is 32.0. The molecule has 1 aliphatic heterocycles. The van der Waals surface area contributed by atoms with Crippen molar-refractivity contribution < 1.29 is 27.6 Å². The van der Waals surface area contributed by atoms with Gasteiger partial charge in [-0.3, -0.25) is 4.79 Å². The Morgan fingerprint density at radius 3 is 2.41 bits per heavy atom. The molecule has 1 aliphatic carbocycles. The van der Waals surface area contributed by atoms with Gasteiger partial charge in [-0.1, -0.05) is 32.0 Å². The minimum Gasteiger partial charge on any atom is -0.393 e. The van der Waals surface area contributed by atoms with Gasteiger partial charge in [-0.2, -0.15) is 18.2 Å². The zero-order valence-electron chi connectivity index (χ0n) is 25.2. The van der Waals surface area contributed by atoms with Gasteiger partial charge >= 0.3 is 6.18 Å². The fourth-order valence-corrected chi connectivity index (χ4v) is 9.30. The highest BCUT2D eigenvalue weighted by atomic mass is 31.2.